The molecule has 1 N–H and O–H groups in total. The number of hydrogen-bond acceptors (Lipinski definition) is 3. The largest absolute Gasteiger partial charge is 0.370 e. The van der Waals surface area contributed by atoms with Crippen molar-refractivity contribution in [2.24, 2.45) is 0 Å². The minimum absolute atomic E-state index is 1.02. The number of unbranched alkanes of at least 4 members (excludes halogenated alkanes) is 3. The first-order valence-electron chi connectivity index (χ1n) is 7.40. The van der Waals surface area contributed by atoms with Gasteiger partial charge in [-0.15, -0.1) is 0 Å². The lowest BCUT2D eigenvalue weighted by molar-refractivity contribution is 0.688. The molecule has 1 aromatic carbocycles. The van der Waals surface area contributed by atoms with Gasteiger partial charge in [-0.2, -0.15) is 11.8 Å². The molecule has 0 radical (unpaired) electrons. The van der Waals surface area contributed by atoms with E-state index in [1.54, 1.807) is 0 Å². The molecule has 1 aromatic heterocycles. The number of anilines is 1. The first kappa shape index (κ1) is 15.2. The third-order valence-corrected chi connectivity index (χ3v) is 4.18. The van der Waals surface area contributed by atoms with Crippen molar-refractivity contribution in [1.82, 2.24) is 4.98 Å². The van der Waals surface area contributed by atoms with Crippen molar-refractivity contribution in [2.75, 3.05) is 23.9 Å². The van der Waals surface area contributed by atoms with Gasteiger partial charge in [-0.3, -0.25) is 0 Å². The van der Waals surface area contributed by atoms with E-state index in [-0.39, 0.29) is 0 Å². The molecule has 0 amide bonds. The van der Waals surface area contributed by atoms with E-state index >= 15 is 0 Å². The first-order chi connectivity index (χ1) is 9.81. The summed E-state index contributed by atoms with van der Waals surface area (Å²) in [5.74, 6) is 2.33. The maximum atomic E-state index is 4.71. The number of nitrogens with zero attached hydrogens (tertiary/aromatic N) is 1. The predicted molar refractivity (Wildman–Crippen MR) is 91.8 cm³/mol. The third-order valence-electron chi connectivity index (χ3n) is 3.48. The van der Waals surface area contributed by atoms with E-state index in [0.29, 0.717) is 0 Å². The van der Waals surface area contributed by atoms with Crippen LogP contribution in [0.25, 0.3) is 10.9 Å². The van der Waals surface area contributed by atoms with Crippen LogP contribution in [0, 0.1) is 6.92 Å². The predicted octanol–water partition coefficient (Wildman–Crippen LogP) is 4.88. The van der Waals surface area contributed by atoms with Crippen molar-refractivity contribution in [2.45, 2.75) is 32.6 Å². The van der Waals surface area contributed by atoms with Crippen LogP contribution in [0.1, 0.15) is 31.2 Å². The second-order valence-electron chi connectivity index (χ2n) is 5.18. The minimum Gasteiger partial charge on any atom is -0.370 e. The molecule has 1 heterocycles. The van der Waals surface area contributed by atoms with Crippen LogP contribution in [-0.4, -0.2) is 23.5 Å². The molecule has 0 fully saturated rings. The quantitative estimate of drug-likeness (QED) is 0.701. The highest BCUT2D eigenvalue weighted by molar-refractivity contribution is 7.98. The van der Waals surface area contributed by atoms with Gasteiger partial charge in [0.25, 0.3) is 0 Å². The van der Waals surface area contributed by atoms with Gasteiger partial charge in [-0.25, -0.2) is 4.98 Å². The van der Waals surface area contributed by atoms with Crippen LogP contribution in [0.3, 0.4) is 0 Å². The number of benzene rings is 1. The van der Waals surface area contributed by atoms with Crippen LogP contribution >= 0.6 is 11.8 Å². The molecule has 20 heavy (non-hydrogen) atoms. The highest BCUT2D eigenvalue weighted by Crippen LogP contribution is 2.19. The molecule has 3 heteroatoms. The summed E-state index contributed by atoms with van der Waals surface area (Å²) in [5.41, 5.74) is 2.30. The van der Waals surface area contributed by atoms with Crippen molar-refractivity contribution in [3.8, 4) is 0 Å². The van der Waals surface area contributed by atoms with E-state index in [2.05, 4.69) is 42.8 Å². The number of rotatable bonds is 8. The molecule has 108 valence electrons. The Morgan fingerprint density at radius 1 is 1.10 bits per heavy atom. The van der Waals surface area contributed by atoms with Crippen LogP contribution in [0.15, 0.2) is 30.3 Å². The molecule has 2 rings (SSSR count). The highest BCUT2D eigenvalue weighted by atomic mass is 32.2. The van der Waals surface area contributed by atoms with Crippen molar-refractivity contribution in [3.05, 3.63) is 35.9 Å². The topological polar surface area (TPSA) is 24.9 Å². The molecule has 0 bridgehead atoms. The summed E-state index contributed by atoms with van der Waals surface area (Å²) in [6.45, 7) is 3.14. The lowest BCUT2D eigenvalue weighted by Crippen LogP contribution is -2.05. The standard InChI is InChI=1S/C17H24N2S/c1-14-13-15-9-5-6-10-16(15)19-17(14)18-11-7-3-4-8-12-20-2/h5-6,9-10,13H,3-4,7-8,11-12H2,1-2H3,(H,18,19). The Bertz CT molecular complexity index is 540. The summed E-state index contributed by atoms with van der Waals surface area (Å²) < 4.78 is 0. The summed E-state index contributed by atoms with van der Waals surface area (Å²) in [7, 11) is 0. The summed E-state index contributed by atoms with van der Waals surface area (Å²) >= 11 is 1.94. The van der Waals surface area contributed by atoms with E-state index in [9.17, 15) is 0 Å². The van der Waals surface area contributed by atoms with Crippen molar-refractivity contribution >= 4 is 28.5 Å². The smallest absolute Gasteiger partial charge is 0.129 e. The zero-order valence-corrected chi connectivity index (χ0v) is 13.3. The SMILES string of the molecule is CSCCCCCCNc1nc2ccccc2cc1C. The van der Waals surface area contributed by atoms with Gasteiger partial charge in [0.2, 0.25) is 0 Å². The van der Waals surface area contributed by atoms with E-state index in [1.165, 1.54) is 42.4 Å². The van der Waals surface area contributed by atoms with Gasteiger partial charge in [0.05, 0.1) is 5.52 Å². The van der Waals surface area contributed by atoms with Crippen molar-refractivity contribution < 1.29 is 0 Å². The van der Waals surface area contributed by atoms with Gasteiger partial charge in [0, 0.05) is 11.9 Å². The van der Waals surface area contributed by atoms with E-state index in [4.69, 9.17) is 4.98 Å². The number of para-hydroxylation sites is 1. The Labute approximate surface area is 126 Å². The maximum Gasteiger partial charge on any atom is 0.129 e. The highest BCUT2D eigenvalue weighted by Gasteiger charge is 2.02. The third kappa shape index (κ3) is 4.41. The number of fused-ring (bicyclic) bond motifs is 1. The van der Waals surface area contributed by atoms with Crippen LogP contribution in [0.4, 0.5) is 5.82 Å². The molecule has 0 aliphatic heterocycles. The monoisotopic (exact) mass is 288 g/mol. The molecule has 0 spiro atoms. The van der Waals surface area contributed by atoms with E-state index in [1.807, 2.05) is 17.8 Å². The lowest BCUT2D eigenvalue weighted by atomic mass is 10.1. The molecule has 2 aromatic rings. The Morgan fingerprint density at radius 2 is 1.90 bits per heavy atom. The summed E-state index contributed by atoms with van der Waals surface area (Å²) in [6, 6.07) is 10.5. The average molecular weight is 288 g/mol. The second-order valence-corrected chi connectivity index (χ2v) is 6.17. The Kier molecular flexibility index (Phi) is 6.19. The Morgan fingerprint density at radius 3 is 2.75 bits per heavy atom. The first-order valence-corrected chi connectivity index (χ1v) is 8.80. The molecule has 0 atom stereocenters. The van der Waals surface area contributed by atoms with Gasteiger partial charge in [0.1, 0.15) is 5.82 Å². The van der Waals surface area contributed by atoms with Gasteiger partial charge in [-0.05, 0) is 49.5 Å². The Balaban J connectivity index is 1.82. The van der Waals surface area contributed by atoms with Gasteiger partial charge in [0.15, 0.2) is 0 Å². The van der Waals surface area contributed by atoms with Crippen molar-refractivity contribution in [3.63, 3.8) is 0 Å². The molecular weight excluding hydrogens is 264 g/mol. The number of aryl methyl sites for hydroxylation is 1. The number of aromatic nitrogens is 1. The summed E-state index contributed by atoms with van der Waals surface area (Å²) in [4.78, 5) is 4.71. The lowest BCUT2D eigenvalue weighted by Gasteiger charge is -2.10. The second kappa shape index (κ2) is 8.15. The fraction of sp³-hybridized carbons (Fsp3) is 0.471. The minimum atomic E-state index is 1.02. The molecule has 0 saturated carbocycles. The normalized spacial score (nSPS) is 10.9. The van der Waals surface area contributed by atoms with E-state index < -0.39 is 0 Å². The maximum absolute atomic E-state index is 4.71. The fourth-order valence-electron chi connectivity index (χ4n) is 2.33. The van der Waals surface area contributed by atoms with Crippen LogP contribution < -0.4 is 5.32 Å². The number of hydrogen-bond donors (Lipinski definition) is 1. The van der Waals surface area contributed by atoms with Gasteiger partial charge in [-0.1, -0.05) is 31.0 Å². The molecule has 0 aliphatic rings. The number of pyridine rings is 1. The molecule has 2 nitrogen and oxygen atoms in total. The van der Waals surface area contributed by atoms with Crippen LogP contribution in [0.5, 0.6) is 0 Å². The molecular formula is C17H24N2S. The van der Waals surface area contributed by atoms with Crippen molar-refractivity contribution in [1.29, 1.82) is 0 Å². The zero-order valence-electron chi connectivity index (χ0n) is 12.5. The molecule has 0 saturated heterocycles. The summed E-state index contributed by atoms with van der Waals surface area (Å²) in [6.07, 6.45) is 7.39. The van der Waals surface area contributed by atoms with E-state index in [0.717, 1.165) is 17.9 Å². The Hall–Kier alpha value is -1.22. The number of nitrogens with one attached hydrogen (secondary N) is 1. The average Bonchev–Trinajstić information content (AvgIpc) is 2.46. The van der Waals surface area contributed by atoms with Crippen LogP contribution in [-0.2, 0) is 0 Å². The van der Waals surface area contributed by atoms with Crippen LogP contribution in [0.2, 0.25) is 0 Å². The molecule has 0 unspecified atom stereocenters. The summed E-state index contributed by atoms with van der Waals surface area (Å²) in [5, 5.41) is 4.70. The number of thioether (sulfide) groups is 1. The zero-order chi connectivity index (χ0) is 14.2. The molecule has 0 aliphatic carbocycles. The van der Waals surface area contributed by atoms with Gasteiger partial charge < -0.3 is 5.32 Å². The fourth-order valence-corrected chi connectivity index (χ4v) is 2.83. The van der Waals surface area contributed by atoms with Gasteiger partial charge >= 0.3 is 0 Å².